The number of hydrogen-bond donors (Lipinski definition) is 2. The maximum atomic E-state index is 10.9. The van der Waals surface area contributed by atoms with Gasteiger partial charge in [-0.3, -0.25) is 9.59 Å². The van der Waals surface area contributed by atoms with Crippen molar-refractivity contribution in [1.29, 1.82) is 0 Å². The summed E-state index contributed by atoms with van der Waals surface area (Å²) in [7, 11) is 1.69. The Bertz CT molecular complexity index is 218. The van der Waals surface area contributed by atoms with Crippen LogP contribution in [0, 0.1) is 0 Å². The molecule has 6 nitrogen and oxygen atoms in total. The van der Waals surface area contributed by atoms with Gasteiger partial charge in [0.25, 0.3) is 0 Å². The van der Waals surface area contributed by atoms with E-state index in [1.54, 1.807) is 9.47 Å². The van der Waals surface area contributed by atoms with Crippen molar-refractivity contribution < 1.29 is 24.0 Å². The predicted molar refractivity (Wildman–Crippen MR) is 52.8 cm³/mol. The van der Waals surface area contributed by atoms with Crippen molar-refractivity contribution in [2.24, 2.45) is 0 Å². The minimum absolute atomic E-state index is 0. The topological polar surface area (TPSA) is 92.7 Å². The molecular weight excluding hydrogens is 220 g/mol. The number of carbonyl (C=O) groups excluding carboxylic acids is 2. The van der Waals surface area contributed by atoms with E-state index >= 15 is 0 Å². The average molecular weight is 231 g/mol. The van der Waals surface area contributed by atoms with Crippen LogP contribution in [-0.2, 0) is 18.9 Å². The van der Waals surface area contributed by atoms with E-state index in [2.05, 4.69) is 9.84 Å². The third-order valence-corrected chi connectivity index (χ3v) is 1.39. The van der Waals surface area contributed by atoms with Gasteiger partial charge in [0.05, 0.1) is 15.9 Å². The molecule has 0 aromatic rings. The first-order valence-corrected chi connectivity index (χ1v) is 3.84. The summed E-state index contributed by atoms with van der Waals surface area (Å²) >= 11 is 0. The van der Waals surface area contributed by atoms with Crippen molar-refractivity contribution in [1.82, 2.24) is 5.32 Å². The van der Waals surface area contributed by atoms with Crippen LogP contribution in [0.15, 0.2) is 0 Å². The fraction of sp³-hybridized carbons (Fsp3) is 0.500. The Labute approximate surface area is 105 Å². The van der Waals surface area contributed by atoms with Crippen molar-refractivity contribution in [3.63, 3.8) is 0 Å². The summed E-state index contributed by atoms with van der Waals surface area (Å²) in [6.45, 7) is 1.19. The number of nitrogens with one attached hydrogen (secondary N) is 1. The van der Waals surface area contributed by atoms with Gasteiger partial charge in [0.15, 0.2) is 0 Å². The fourth-order valence-electron chi connectivity index (χ4n) is 0.695. The van der Waals surface area contributed by atoms with Crippen LogP contribution in [0.1, 0.15) is 13.3 Å². The molecular formula is C6H11NNaO5P. The molecule has 76 valence electrons. The summed E-state index contributed by atoms with van der Waals surface area (Å²) in [6, 6.07) is -1.13. The molecule has 0 radical (unpaired) electrons. The van der Waals surface area contributed by atoms with Crippen molar-refractivity contribution in [3.8, 4) is 0 Å². The van der Waals surface area contributed by atoms with E-state index in [1.807, 2.05) is 0 Å². The van der Waals surface area contributed by atoms with Crippen LogP contribution in [0.25, 0.3) is 0 Å². The Balaban J connectivity index is 0. The summed E-state index contributed by atoms with van der Waals surface area (Å²) in [4.78, 5) is 31.6. The van der Waals surface area contributed by atoms with Crippen LogP contribution in [0.4, 0.5) is 0 Å². The predicted octanol–water partition coefficient (Wildman–Crippen LogP) is -1.35. The standard InChI is InChI=1S/C6H10NO5P.Na.H/c1-3(8)7-4(2-5(9)10)6(11)12-13;;/h4H,2,13H2,1H3,(H,7,8)(H,9,10);;/t4-;;/m0../s1. The van der Waals surface area contributed by atoms with E-state index in [1.165, 1.54) is 6.92 Å². The van der Waals surface area contributed by atoms with E-state index in [0.717, 1.165) is 0 Å². The van der Waals surface area contributed by atoms with Gasteiger partial charge >= 0.3 is 41.5 Å². The number of hydrogen-bond acceptors (Lipinski definition) is 4. The van der Waals surface area contributed by atoms with Crippen molar-refractivity contribution in [3.05, 3.63) is 0 Å². The van der Waals surface area contributed by atoms with E-state index in [4.69, 9.17) is 5.11 Å². The molecule has 0 rings (SSSR count). The van der Waals surface area contributed by atoms with Gasteiger partial charge < -0.3 is 14.9 Å². The van der Waals surface area contributed by atoms with Crippen LogP contribution < -0.4 is 5.32 Å². The van der Waals surface area contributed by atoms with E-state index < -0.39 is 30.3 Å². The molecule has 2 N–H and O–H groups in total. The first-order chi connectivity index (χ1) is 5.97. The van der Waals surface area contributed by atoms with Gasteiger partial charge in [-0.05, 0) is 0 Å². The van der Waals surface area contributed by atoms with Gasteiger partial charge in [-0.1, -0.05) is 0 Å². The third-order valence-electron chi connectivity index (χ3n) is 1.16. The third kappa shape index (κ3) is 7.26. The quantitative estimate of drug-likeness (QED) is 0.461. The monoisotopic (exact) mass is 231 g/mol. The molecule has 0 aliphatic heterocycles. The molecule has 0 saturated carbocycles. The summed E-state index contributed by atoms with van der Waals surface area (Å²) in [6.07, 6.45) is -0.493. The first kappa shape index (κ1) is 16.3. The molecule has 0 aromatic carbocycles. The van der Waals surface area contributed by atoms with Gasteiger partial charge in [-0.2, -0.15) is 0 Å². The maximum absolute atomic E-state index is 10.9. The summed E-state index contributed by atoms with van der Waals surface area (Å²) in [5.74, 6) is -2.47. The normalized spacial score (nSPS) is 10.7. The molecule has 0 bridgehead atoms. The van der Waals surface area contributed by atoms with Crippen LogP contribution >= 0.6 is 9.47 Å². The van der Waals surface area contributed by atoms with E-state index in [-0.39, 0.29) is 29.6 Å². The average Bonchev–Trinajstić information content (AvgIpc) is 2.00. The zero-order valence-electron chi connectivity index (χ0n) is 6.94. The van der Waals surface area contributed by atoms with Crippen molar-refractivity contribution >= 4 is 56.9 Å². The molecule has 0 aliphatic rings. The second kappa shape index (κ2) is 8.17. The Morgan fingerprint density at radius 1 is 1.50 bits per heavy atom. The number of carboxylic acids is 1. The molecule has 14 heavy (non-hydrogen) atoms. The molecule has 1 unspecified atom stereocenters. The van der Waals surface area contributed by atoms with Crippen LogP contribution in [0.3, 0.4) is 0 Å². The molecule has 0 saturated heterocycles. The number of aliphatic carboxylic acids is 1. The van der Waals surface area contributed by atoms with Gasteiger partial charge in [0.1, 0.15) is 6.04 Å². The molecule has 8 heteroatoms. The molecule has 0 aliphatic carbocycles. The Kier molecular flexibility index (Phi) is 9.50. The Morgan fingerprint density at radius 3 is 2.29 bits per heavy atom. The molecule has 0 heterocycles. The second-order valence-corrected chi connectivity index (χ2v) is 2.52. The Hall–Kier alpha value is -0.160. The number of rotatable bonds is 4. The molecule has 0 spiro atoms. The van der Waals surface area contributed by atoms with E-state index in [9.17, 15) is 14.4 Å². The van der Waals surface area contributed by atoms with Gasteiger partial charge in [-0.15, -0.1) is 0 Å². The molecule has 1 amide bonds. The van der Waals surface area contributed by atoms with Crippen molar-refractivity contribution in [2.45, 2.75) is 19.4 Å². The Morgan fingerprint density at radius 2 is 2.00 bits per heavy atom. The van der Waals surface area contributed by atoms with Gasteiger partial charge in [0.2, 0.25) is 5.91 Å². The second-order valence-electron chi connectivity index (χ2n) is 2.29. The van der Waals surface area contributed by atoms with Crippen molar-refractivity contribution in [2.75, 3.05) is 0 Å². The number of carbonyl (C=O) groups is 3. The van der Waals surface area contributed by atoms with E-state index in [0.29, 0.717) is 0 Å². The fourth-order valence-corrected chi connectivity index (χ4v) is 0.860. The summed E-state index contributed by atoms with van der Waals surface area (Å²) in [5.41, 5.74) is 0. The van der Waals surface area contributed by atoms with Gasteiger partial charge in [-0.25, -0.2) is 4.79 Å². The molecule has 2 atom stereocenters. The summed E-state index contributed by atoms with van der Waals surface area (Å²) in [5, 5.41) is 10.5. The van der Waals surface area contributed by atoms with Gasteiger partial charge in [0, 0.05) is 6.92 Å². The molecule has 0 fully saturated rings. The number of amides is 1. The first-order valence-electron chi connectivity index (χ1n) is 3.36. The minimum atomic E-state index is -1.19. The SMILES string of the molecule is CC(=O)N[C@@H](CC(=O)O)C(=O)OP.[NaH]. The summed E-state index contributed by atoms with van der Waals surface area (Å²) < 4.78 is 4.21. The van der Waals surface area contributed by atoms with Crippen LogP contribution in [0.5, 0.6) is 0 Å². The zero-order valence-corrected chi connectivity index (χ0v) is 8.10. The van der Waals surface area contributed by atoms with Crippen LogP contribution in [0.2, 0.25) is 0 Å². The molecule has 0 aromatic heterocycles. The number of carboxylic acid groups (broad SMARTS) is 1. The zero-order chi connectivity index (χ0) is 10.4. The van der Waals surface area contributed by atoms with Crippen LogP contribution in [-0.4, -0.2) is 58.6 Å².